The molecule has 10 nitrogen and oxygen atoms in total. The first kappa shape index (κ1) is 29.2. The molecular formula is C21H38O10. The van der Waals surface area contributed by atoms with Crippen molar-refractivity contribution in [2.24, 2.45) is 0 Å². The molecule has 0 aromatic heterocycles. The molecule has 0 aliphatic rings. The average molecular weight is 451 g/mol. The standard InChI is InChI=1S/C21H38O10/c1-14(8-25-15(2)9-27-17(4)11-29-18(5)22)26-10-16(3)28-12-21(31-20(7)24)13-30-19(6)23/h14-17,21H,8-13H2,1-7H3. The van der Waals surface area contributed by atoms with Gasteiger partial charge in [-0.05, 0) is 27.7 Å². The van der Waals surface area contributed by atoms with E-state index in [9.17, 15) is 14.4 Å². The lowest BCUT2D eigenvalue weighted by molar-refractivity contribution is -0.162. The van der Waals surface area contributed by atoms with Crippen LogP contribution in [0, 0.1) is 0 Å². The molecule has 0 aliphatic carbocycles. The quantitative estimate of drug-likeness (QED) is 0.239. The van der Waals surface area contributed by atoms with Crippen molar-refractivity contribution in [1.82, 2.24) is 0 Å². The number of rotatable bonds is 17. The van der Waals surface area contributed by atoms with E-state index in [0.717, 1.165) is 0 Å². The second-order valence-electron chi connectivity index (χ2n) is 7.41. The highest BCUT2D eigenvalue weighted by Gasteiger charge is 2.17. The van der Waals surface area contributed by atoms with Gasteiger partial charge in [-0.2, -0.15) is 0 Å². The Bertz CT molecular complexity index is 524. The van der Waals surface area contributed by atoms with E-state index in [1.807, 2.05) is 27.7 Å². The van der Waals surface area contributed by atoms with Gasteiger partial charge >= 0.3 is 17.9 Å². The lowest BCUT2D eigenvalue weighted by Gasteiger charge is -2.22. The van der Waals surface area contributed by atoms with Crippen molar-refractivity contribution in [2.75, 3.05) is 39.6 Å². The third-order valence-electron chi connectivity index (χ3n) is 3.74. The van der Waals surface area contributed by atoms with Crippen molar-refractivity contribution in [3.05, 3.63) is 0 Å². The molecule has 0 aliphatic heterocycles. The largest absolute Gasteiger partial charge is 0.463 e. The Morgan fingerprint density at radius 2 is 0.871 bits per heavy atom. The summed E-state index contributed by atoms with van der Waals surface area (Å²) in [5.41, 5.74) is 0. The zero-order valence-electron chi connectivity index (χ0n) is 19.7. The highest BCUT2D eigenvalue weighted by molar-refractivity contribution is 5.67. The van der Waals surface area contributed by atoms with E-state index in [4.69, 9.17) is 33.2 Å². The molecule has 31 heavy (non-hydrogen) atoms. The van der Waals surface area contributed by atoms with E-state index < -0.39 is 18.0 Å². The zero-order chi connectivity index (χ0) is 23.8. The average Bonchev–Trinajstić information content (AvgIpc) is 2.68. The van der Waals surface area contributed by atoms with Crippen LogP contribution in [0.3, 0.4) is 0 Å². The lowest BCUT2D eigenvalue weighted by atomic mass is 10.3. The molecule has 182 valence electrons. The maximum absolute atomic E-state index is 11.1. The molecule has 0 spiro atoms. The van der Waals surface area contributed by atoms with E-state index in [1.54, 1.807) is 0 Å². The Morgan fingerprint density at radius 1 is 0.516 bits per heavy atom. The normalized spacial score (nSPS) is 16.0. The minimum Gasteiger partial charge on any atom is -0.463 e. The molecule has 0 aromatic rings. The number of carbonyl (C=O) groups excluding carboxylic acids is 3. The molecule has 0 saturated carbocycles. The monoisotopic (exact) mass is 450 g/mol. The van der Waals surface area contributed by atoms with Crippen LogP contribution in [-0.4, -0.2) is 88.1 Å². The second-order valence-corrected chi connectivity index (χ2v) is 7.41. The summed E-state index contributed by atoms with van der Waals surface area (Å²) in [7, 11) is 0. The van der Waals surface area contributed by atoms with Crippen molar-refractivity contribution in [1.29, 1.82) is 0 Å². The highest BCUT2D eigenvalue weighted by atomic mass is 16.6. The molecule has 0 aromatic carbocycles. The van der Waals surface area contributed by atoms with Crippen LogP contribution in [0.5, 0.6) is 0 Å². The lowest BCUT2D eigenvalue weighted by Crippen LogP contribution is -2.32. The highest BCUT2D eigenvalue weighted by Crippen LogP contribution is 2.04. The molecule has 0 heterocycles. The van der Waals surface area contributed by atoms with E-state index in [2.05, 4.69) is 0 Å². The van der Waals surface area contributed by atoms with Gasteiger partial charge in [0.1, 0.15) is 13.2 Å². The Kier molecular flexibility index (Phi) is 15.9. The second kappa shape index (κ2) is 16.9. The molecule has 0 saturated heterocycles. The van der Waals surface area contributed by atoms with Crippen LogP contribution in [0.4, 0.5) is 0 Å². The van der Waals surface area contributed by atoms with E-state index in [1.165, 1.54) is 20.8 Å². The van der Waals surface area contributed by atoms with Crippen LogP contribution in [0.1, 0.15) is 48.5 Å². The van der Waals surface area contributed by atoms with Crippen LogP contribution in [0.2, 0.25) is 0 Å². The molecule has 0 rings (SSSR count). The fraction of sp³-hybridized carbons (Fsp3) is 0.857. The van der Waals surface area contributed by atoms with Gasteiger partial charge in [-0.15, -0.1) is 0 Å². The topological polar surface area (TPSA) is 116 Å². The maximum Gasteiger partial charge on any atom is 0.303 e. The first-order valence-electron chi connectivity index (χ1n) is 10.4. The summed E-state index contributed by atoms with van der Waals surface area (Å²) in [6.07, 6.45) is -1.46. The van der Waals surface area contributed by atoms with Gasteiger partial charge in [-0.1, -0.05) is 0 Å². The number of ether oxygens (including phenoxy) is 7. The van der Waals surface area contributed by atoms with E-state index in [-0.39, 0.29) is 50.2 Å². The number of esters is 3. The Hall–Kier alpha value is -1.75. The zero-order valence-corrected chi connectivity index (χ0v) is 19.7. The molecule has 5 atom stereocenters. The molecule has 0 N–H and O–H groups in total. The Balaban J connectivity index is 4.02. The van der Waals surface area contributed by atoms with Crippen LogP contribution in [-0.2, 0) is 47.5 Å². The van der Waals surface area contributed by atoms with Gasteiger partial charge in [0.25, 0.3) is 0 Å². The van der Waals surface area contributed by atoms with Crippen molar-refractivity contribution < 1.29 is 47.5 Å². The number of carbonyl (C=O) groups is 3. The molecule has 0 amide bonds. The van der Waals surface area contributed by atoms with Gasteiger partial charge in [-0.25, -0.2) is 0 Å². The summed E-state index contributed by atoms with van der Waals surface area (Å²) in [5.74, 6) is -1.27. The summed E-state index contributed by atoms with van der Waals surface area (Å²) in [6, 6.07) is 0. The predicted molar refractivity (Wildman–Crippen MR) is 110 cm³/mol. The van der Waals surface area contributed by atoms with Gasteiger partial charge in [0.05, 0.1) is 50.8 Å². The molecule has 5 unspecified atom stereocenters. The number of hydrogen-bond acceptors (Lipinski definition) is 10. The summed E-state index contributed by atoms with van der Waals surface area (Å²) in [4.78, 5) is 32.8. The summed E-state index contributed by atoms with van der Waals surface area (Å²) < 4.78 is 37.4. The fourth-order valence-corrected chi connectivity index (χ4v) is 2.16. The minimum absolute atomic E-state index is 0.0633. The van der Waals surface area contributed by atoms with Crippen molar-refractivity contribution in [3.8, 4) is 0 Å². The Morgan fingerprint density at radius 3 is 1.26 bits per heavy atom. The SMILES string of the molecule is CC(=O)OCC(C)OCC(C)OCC(C)OCC(C)OCC(COC(C)=O)OC(C)=O. The molecule has 0 bridgehead atoms. The maximum atomic E-state index is 11.1. The van der Waals surface area contributed by atoms with Crippen molar-refractivity contribution in [3.63, 3.8) is 0 Å². The first-order chi connectivity index (χ1) is 14.5. The summed E-state index contributed by atoms with van der Waals surface area (Å²) in [6.45, 7) is 12.6. The van der Waals surface area contributed by atoms with Crippen LogP contribution in [0.15, 0.2) is 0 Å². The van der Waals surface area contributed by atoms with Crippen molar-refractivity contribution >= 4 is 17.9 Å². The van der Waals surface area contributed by atoms with Crippen LogP contribution < -0.4 is 0 Å². The van der Waals surface area contributed by atoms with Crippen LogP contribution in [0.25, 0.3) is 0 Å². The third kappa shape index (κ3) is 18.7. The molecular weight excluding hydrogens is 412 g/mol. The number of hydrogen-bond donors (Lipinski definition) is 0. The third-order valence-corrected chi connectivity index (χ3v) is 3.74. The minimum atomic E-state index is -0.673. The fourth-order valence-electron chi connectivity index (χ4n) is 2.16. The Labute approximate surface area is 184 Å². The summed E-state index contributed by atoms with van der Waals surface area (Å²) >= 11 is 0. The van der Waals surface area contributed by atoms with Gasteiger partial charge in [0, 0.05) is 20.8 Å². The van der Waals surface area contributed by atoms with E-state index in [0.29, 0.717) is 19.8 Å². The van der Waals surface area contributed by atoms with Gasteiger partial charge in [-0.3, -0.25) is 14.4 Å². The van der Waals surface area contributed by atoms with Crippen molar-refractivity contribution in [2.45, 2.75) is 79.0 Å². The predicted octanol–water partition coefficient (Wildman–Crippen LogP) is 1.66. The van der Waals surface area contributed by atoms with Crippen LogP contribution >= 0.6 is 0 Å². The smallest absolute Gasteiger partial charge is 0.303 e. The van der Waals surface area contributed by atoms with Gasteiger partial charge in [0.2, 0.25) is 0 Å². The first-order valence-corrected chi connectivity index (χ1v) is 10.4. The molecule has 0 fully saturated rings. The van der Waals surface area contributed by atoms with Gasteiger partial charge in [0.15, 0.2) is 6.10 Å². The molecule has 10 heteroatoms. The molecule has 0 radical (unpaired) electrons. The summed E-state index contributed by atoms with van der Waals surface area (Å²) in [5, 5.41) is 0. The van der Waals surface area contributed by atoms with Gasteiger partial charge < -0.3 is 33.2 Å². The van der Waals surface area contributed by atoms with E-state index >= 15 is 0 Å².